The molecule has 1 unspecified atom stereocenters. The first-order chi connectivity index (χ1) is 16.8. The predicted molar refractivity (Wildman–Crippen MR) is 124 cm³/mol. The molecule has 9 heteroatoms. The number of aromatic hydroxyl groups is 1. The Balaban J connectivity index is 1.71. The van der Waals surface area contributed by atoms with Crippen LogP contribution in [-0.4, -0.2) is 42.1 Å². The molecule has 1 amide bonds. The van der Waals surface area contributed by atoms with Gasteiger partial charge in [0, 0.05) is 24.4 Å². The molecule has 2 aliphatic heterocycles. The van der Waals surface area contributed by atoms with Gasteiger partial charge in [-0.1, -0.05) is 12.1 Å². The van der Waals surface area contributed by atoms with Crippen molar-refractivity contribution in [3.05, 3.63) is 89.0 Å². The van der Waals surface area contributed by atoms with Crippen LogP contribution in [0.1, 0.15) is 17.2 Å². The fourth-order valence-electron chi connectivity index (χ4n) is 4.40. The lowest BCUT2D eigenvalue weighted by molar-refractivity contribution is -0.132. The number of carbonyl (C=O) groups excluding carboxylic acids is 2. The van der Waals surface area contributed by atoms with Gasteiger partial charge in [-0.15, -0.1) is 0 Å². The molecule has 178 valence electrons. The number of ether oxygens (including phenoxy) is 1. The van der Waals surface area contributed by atoms with Crippen LogP contribution in [0.2, 0.25) is 0 Å². The van der Waals surface area contributed by atoms with E-state index in [2.05, 4.69) is 0 Å². The van der Waals surface area contributed by atoms with Gasteiger partial charge in [-0.3, -0.25) is 14.5 Å². The van der Waals surface area contributed by atoms with Crippen molar-refractivity contribution in [2.45, 2.75) is 6.04 Å². The highest BCUT2D eigenvalue weighted by molar-refractivity contribution is 6.51. The quantitative estimate of drug-likeness (QED) is 0.334. The van der Waals surface area contributed by atoms with Gasteiger partial charge in [-0.05, 0) is 48.0 Å². The second kappa shape index (κ2) is 8.43. The van der Waals surface area contributed by atoms with Crippen molar-refractivity contribution in [3.63, 3.8) is 0 Å². The van der Waals surface area contributed by atoms with Crippen molar-refractivity contribution < 1.29 is 33.3 Å². The lowest BCUT2D eigenvalue weighted by Gasteiger charge is -2.28. The maximum absolute atomic E-state index is 14.1. The number of ketones is 1. The van der Waals surface area contributed by atoms with Crippen LogP contribution < -0.4 is 14.5 Å². The van der Waals surface area contributed by atoms with Gasteiger partial charge >= 0.3 is 0 Å². The van der Waals surface area contributed by atoms with Crippen molar-refractivity contribution in [2.75, 3.05) is 30.0 Å². The average molecular weight is 478 g/mol. The number of fused-ring (bicyclic) bond motifs is 1. The Morgan fingerprint density at radius 3 is 2.57 bits per heavy atom. The monoisotopic (exact) mass is 478 g/mol. The maximum atomic E-state index is 14.1. The number of aliphatic hydroxyl groups is 1. The molecule has 0 aromatic heterocycles. The van der Waals surface area contributed by atoms with Crippen molar-refractivity contribution in [2.24, 2.45) is 0 Å². The fraction of sp³-hybridized carbons (Fsp3) is 0.154. The number of Topliss-reactive ketones (excluding diaryl/α,β-unsaturated/α-hetero) is 1. The van der Waals surface area contributed by atoms with Gasteiger partial charge in [0.1, 0.15) is 23.9 Å². The van der Waals surface area contributed by atoms with Gasteiger partial charge in [0.15, 0.2) is 11.6 Å². The molecule has 2 aliphatic rings. The zero-order chi connectivity index (χ0) is 24.9. The third kappa shape index (κ3) is 3.74. The van der Waals surface area contributed by atoms with Crippen LogP contribution in [0.15, 0.2) is 66.2 Å². The highest BCUT2D eigenvalue weighted by Crippen LogP contribution is 2.44. The van der Waals surface area contributed by atoms with Crippen molar-refractivity contribution in [3.8, 4) is 11.5 Å². The predicted octanol–water partition coefficient (Wildman–Crippen LogP) is 4.13. The van der Waals surface area contributed by atoms with Crippen LogP contribution in [0, 0.1) is 11.6 Å². The summed E-state index contributed by atoms with van der Waals surface area (Å²) in [5.74, 6) is -4.29. The number of carbonyl (C=O) groups is 2. The van der Waals surface area contributed by atoms with E-state index in [-0.39, 0.29) is 22.6 Å². The van der Waals surface area contributed by atoms with Gasteiger partial charge in [-0.2, -0.15) is 0 Å². The Kier molecular flexibility index (Phi) is 5.39. The van der Waals surface area contributed by atoms with E-state index in [1.165, 1.54) is 24.3 Å². The van der Waals surface area contributed by atoms with Crippen LogP contribution >= 0.6 is 0 Å². The number of amides is 1. The number of likely N-dealkylation sites (N-methyl/N-ethyl adjacent to an activating group) is 1. The largest absolute Gasteiger partial charge is 0.508 e. The lowest BCUT2D eigenvalue weighted by Crippen LogP contribution is -2.29. The molecule has 0 radical (unpaired) electrons. The summed E-state index contributed by atoms with van der Waals surface area (Å²) in [7, 11) is 1.86. The molecule has 35 heavy (non-hydrogen) atoms. The summed E-state index contributed by atoms with van der Waals surface area (Å²) < 4.78 is 33.3. The minimum absolute atomic E-state index is 0.0723. The van der Waals surface area contributed by atoms with Crippen molar-refractivity contribution in [1.29, 1.82) is 0 Å². The Labute approximate surface area is 199 Å². The third-order valence-corrected chi connectivity index (χ3v) is 6.14. The van der Waals surface area contributed by atoms with E-state index in [0.717, 1.165) is 17.0 Å². The Morgan fingerprint density at radius 2 is 1.83 bits per heavy atom. The zero-order valence-electron chi connectivity index (χ0n) is 18.5. The molecule has 3 aromatic rings. The van der Waals surface area contributed by atoms with Gasteiger partial charge in [0.25, 0.3) is 11.7 Å². The van der Waals surface area contributed by atoms with Crippen LogP contribution in [-0.2, 0) is 9.59 Å². The first-order valence-electron chi connectivity index (χ1n) is 10.8. The number of benzene rings is 3. The molecule has 1 atom stereocenters. The molecule has 3 aromatic carbocycles. The highest BCUT2D eigenvalue weighted by atomic mass is 19.2. The average Bonchev–Trinajstić information content (AvgIpc) is 3.11. The number of hydrogen-bond donors (Lipinski definition) is 2. The number of hydrogen-bond acceptors (Lipinski definition) is 6. The number of aliphatic hydroxyl groups excluding tert-OH is 1. The highest BCUT2D eigenvalue weighted by Gasteiger charge is 2.47. The molecule has 1 saturated heterocycles. The number of halogens is 2. The summed E-state index contributed by atoms with van der Waals surface area (Å²) in [4.78, 5) is 29.2. The molecular formula is C26H20F2N2O5. The van der Waals surface area contributed by atoms with E-state index in [1.807, 2.05) is 11.9 Å². The third-order valence-electron chi connectivity index (χ3n) is 6.14. The number of rotatable bonds is 3. The van der Waals surface area contributed by atoms with E-state index in [4.69, 9.17) is 4.74 Å². The molecule has 7 nitrogen and oxygen atoms in total. The van der Waals surface area contributed by atoms with Gasteiger partial charge < -0.3 is 19.8 Å². The number of phenols is 1. The summed E-state index contributed by atoms with van der Waals surface area (Å²) in [5.41, 5.74) is 0.953. The van der Waals surface area contributed by atoms with Gasteiger partial charge in [0.2, 0.25) is 0 Å². The number of nitrogens with zero attached hydrogens (tertiary/aromatic N) is 2. The lowest BCUT2D eigenvalue weighted by atomic mass is 9.94. The zero-order valence-corrected chi connectivity index (χ0v) is 18.5. The Bertz CT molecular complexity index is 1400. The Hall–Kier alpha value is -4.40. The first kappa shape index (κ1) is 22.4. The molecule has 2 N–H and O–H groups in total. The molecule has 0 bridgehead atoms. The normalized spacial score (nSPS) is 19.0. The minimum Gasteiger partial charge on any atom is -0.508 e. The van der Waals surface area contributed by atoms with E-state index < -0.39 is 35.1 Å². The minimum atomic E-state index is -1.20. The number of phenolic OH excluding ortho intramolecular Hbond substituents is 1. The van der Waals surface area contributed by atoms with E-state index in [1.54, 1.807) is 24.3 Å². The molecule has 5 rings (SSSR count). The molecule has 1 fully saturated rings. The standard InChI is InChI=1S/C26H20F2N2O5/c1-29-9-10-35-21-8-5-15(12-20(21)29)24(32)22-23(14-3-2-4-17(31)11-14)30(26(34)25(22)33)16-6-7-18(27)19(28)13-16/h2-8,11-13,23,31-32H,9-10H2,1H3/b24-22-. The molecule has 2 heterocycles. The van der Waals surface area contributed by atoms with Crippen molar-refractivity contribution >= 4 is 28.8 Å². The van der Waals surface area contributed by atoms with E-state index >= 15 is 0 Å². The fourth-order valence-corrected chi connectivity index (χ4v) is 4.40. The summed E-state index contributed by atoms with van der Waals surface area (Å²) in [6, 6.07) is 12.3. The SMILES string of the molecule is CN1CCOc2ccc(/C(O)=C3/C(=O)C(=O)N(c4ccc(F)c(F)c4)C3c3cccc(O)c3)cc21. The van der Waals surface area contributed by atoms with E-state index in [0.29, 0.717) is 30.2 Å². The topological polar surface area (TPSA) is 90.3 Å². The maximum Gasteiger partial charge on any atom is 0.300 e. The first-order valence-corrected chi connectivity index (χ1v) is 10.8. The molecule has 0 saturated carbocycles. The molecule has 0 aliphatic carbocycles. The van der Waals surface area contributed by atoms with E-state index in [9.17, 15) is 28.6 Å². The van der Waals surface area contributed by atoms with Crippen molar-refractivity contribution in [1.82, 2.24) is 0 Å². The summed E-state index contributed by atoms with van der Waals surface area (Å²) >= 11 is 0. The van der Waals surface area contributed by atoms with Gasteiger partial charge in [-0.25, -0.2) is 8.78 Å². The second-order valence-corrected chi connectivity index (χ2v) is 8.32. The van der Waals surface area contributed by atoms with Crippen LogP contribution in [0.5, 0.6) is 11.5 Å². The smallest absolute Gasteiger partial charge is 0.300 e. The Morgan fingerprint density at radius 1 is 1.03 bits per heavy atom. The van der Waals surface area contributed by atoms with Crippen LogP contribution in [0.3, 0.4) is 0 Å². The number of anilines is 2. The summed E-state index contributed by atoms with van der Waals surface area (Å²) in [5, 5.41) is 21.3. The molecule has 0 spiro atoms. The summed E-state index contributed by atoms with van der Waals surface area (Å²) in [6.45, 7) is 1.13. The van der Waals surface area contributed by atoms with Crippen LogP contribution in [0.4, 0.5) is 20.2 Å². The van der Waals surface area contributed by atoms with Crippen LogP contribution in [0.25, 0.3) is 5.76 Å². The second-order valence-electron chi connectivity index (χ2n) is 8.32. The molecular weight excluding hydrogens is 458 g/mol. The summed E-state index contributed by atoms with van der Waals surface area (Å²) in [6.07, 6.45) is 0. The van der Waals surface area contributed by atoms with Gasteiger partial charge in [0.05, 0.1) is 23.8 Å².